The number of amides is 1. The van der Waals surface area contributed by atoms with Gasteiger partial charge in [-0.3, -0.25) is 4.79 Å². The number of hydrogen-bond acceptors (Lipinski definition) is 2. The number of H-pyrrole nitrogens is 1. The Morgan fingerprint density at radius 3 is 2.58 bits per heavy atom. The Labute approximate surface area is 150 Å². The first-order chi connectivity index (χ1) is 12.5. The fourth-order valence-corrected chi connectivity index (χ4v) is 3.01. The minimum absolute atomic E-state index is 0.147. The van der Waals surface area contributed by atoms with E-state index in [0.29, 0.717) is 24.2 Å². The Hall–Kier alpha value is -2.89. The van der Waals surface area contributed by atoms with Crippen LogP contribution in [-0.4, -0.2) is 24.0 Å². The smallest absolute Gasteiger partial charge is 0.257 e. The summed E-state index contributed by atoms with van der Waals surface area (Å²) in [5.74, 6) is -0.478. The van der Waals surface area contributed by atoms with Gasteiger partial charge in [0.25, 0.3) is 5.91 Å². The van der Waals surface area contributed by atoms with Crippen LogP contribution in [-0.2, 0) is 11.2 Å². The van der Waals surface area contributed by atoms with E-state index in [4.69, 9.17) is 4.74 Å². The number of aromatic nitrogens is 1. The van der Waals surface area contributed by atoms with Gasteiger partial charge in [0.2, 0.25) is 0 Å². The van der Waals surface area contributed by atoms with Gasteiger partial charge in [0.15, 0.2) is 6.61 Å². The van der Waals surface area contributed by atoms with Crippen LogP contribution in [0.1, 0.15) is 16.8 Å². The van der Waals surface area contributed by atoms with E-state index < -0.39 is 0 Å². The zero-order chi connectivity index (χ0) is 18.7. The molecule has 6 heteroatoms. The maximum atomic E-state index is 14.0. The number of hydrogen-bond donors (Lipinski definition) is 2. The number of benzene rings is 2. The lowest BCUT2D eigenvalue weighted by atomic mass is 10.0. The average Bonchev–Trinajstić information content (AvgIpc) is 2.96. The molecule has 0 spiro atoms. The number of halogens is 2. The molecule has 0 atom stereocenters. The summed E-state index contributed by atoms with van der Waals surface area (Å²) in [6.07, 6.45) is 0.582. The molecule has 0 aliphatic heterocycles. The van der Waals surface area contributed by atoms with Crippen molar-refractivity contribution in [1.82, 2.24) is 10.3 Å². The van der Waals surface area contributed by atoms with Gasteiger partial charge in [-0.05, 0) is 61.7 Å². The van der Waals surface area contributed by atoms with Crippen LogP contribution in [0.25, 0.3) is 10.9 Å². The Morgan fingerprint density at radius 1 is 1.12 bits per heavy atom. The summed E-state index contributed by atoms with van der Waals surface area (Å²) in [5, 5.41) is 3.66. The van der Waals surface area contributed by atoms with Crippen molar-refractivity contribution in [3.8, 4) is 5.75 Å². The third-order valence-electron chi connectivity index (χ3n) is 4.31. The van der Waals surface area contributed by atoms with Crippen molar-refractivity contribution < 1.29 is 18.3 Å². The monoisotopic (exact) mass is 358 g/mol. The zero-order valence-electron chi connectivity index (χ0n) is 14.7. The number of rotatable bonds is 6. The molecule has 26 heavy (non-hydrogen) atoms. The third kappa shape index (κ3) is 3.85. The van der Waals surface area contributed by atoms with Gasteiger partial charge in [-0.2, -0.15) is 0 Å². The largest absolute Gasteiger partial charge is 0.484 e. The first-order valence-corrected chi connectivity index (χ1v) is 8.37. The molecule has 2 N–H and O–H groups in total. The molecule has 0 aliphatic rings. The summed E-state index contributed by atoms with van der Waals surface area (Å²) in [6, 6.07) is 8.68. The van der Waals surface area contributed by atoms with Crippen LogP contribution in [0.15, 0.2) is 36.4 Å². The Kier molecular flexibility index (Phi) is 5.21. The lowest BCUT2D eigenvalue weighted by molar-refractivity contribution is -0.123. The first kappa shape index (κ1) is 17.9. The van der Waals surface area contributed by atoms with Gasteiger partial charge in [-0.1, -0.05) is 6.07 Å². The number of carbonyl (C=O) groups is 1. The van der Waals surface area contributed by atoms with E-state index in [1.807, 2.05) is 13.8 Å². The molecule has 0 unspecified atom stereocenters. The van der Waals surface area contributed by atoms with E-state index in [9.17, 15) is 13.6 Å². The minimum Gasteiger partial charge on any atom is -0.484 e. The van der Waals surface area contributed by atoms with E-state index in [1.165, 1.54) is 30.3 Å². The predicted octanol–water partition coefficient (Wildman–Crippen LogP) is 3.80. The number of carbonyl (C=O) groups excluding carboxylic acids is 1. The maximum absolute atomic E-state index is 14.0. The van der Waals surface area contributed by atoms with E-state index in [2.05, 4.69) is 10.3 Å². The van der Waals surface area contributed by atoms with Crippen LogP contribution in [0.5, 0.6) is 5.75 Å². The summed E-state index contributed by atoms with van der Waals surface area (Å²) < 4.78 is 32.1. The second-order valence-electron chi connectivity index (χ2n) is 6.19. The lowest BCUT2D eigenvalue weighted by Crippen LogP contribution is -2.30. The SMILES string of the molecule is Cc1[nH]c2c(F)ccc(C)c2c1CCNC(=O)COc1ccc(F)cc1. The van der Waals surface area contributed by atoms with Gasteiger partial charge in [-0.15, -0.1) is 0 Å². The highest BCUT2D eigenvalue weighted by molar-refractivity contribution is 5.88. The number of aromatic amines is 1. The average molecular weight is 358 g/mol. The first-order valence-electron chi connectivity index (χ1n) is 8.37. The van der Waals surface area contributed by atoms with E-state index >= 15 is 0 Å². The molecule has 1 aromatic heterocycles. The number of aryl methyl sites for hydroxylation is 2. The van der Waals surface area contributed by atoms with Gasteiger partial charge >= 0.3 is 0 Å². The van der Waals surface area contributed by atoms with E-state index in [0.717, 1.165) is 22.2 Å². The van der Waals surface area contributed by atoms with E-state index in [1.54, 1.807) is 6.07 Å². The Balaban J connectivity index is 1.57. The van der Waals surface area contributed by atoms with E-state index in [-0.39, 0.29) is 24.1 Å². The van der Waals surface area contributed by atoms with Crippen molar-refractivity contribution in [1.29, 1.82) is 0 Å². The minimum atomic E-state index is -0.359. The van der Waals surface area contributed by atoms with Crippen LogP contribution >= 0.6 is 0 Å². The van der Waals surface area contributed by atoms with Crippen molar-refractivity contribution in [2.24, 2.45) is 0 Å². The molecule has 1 amide bonds. The van der Waals surface area contributed by atoms with Gasteiger partial charge in [0.1, 0.15) is 17.4 Å². The fraction of sp³-hybridized carbons (Fsp3) is 0.250. The molecule has 3 aromatic rings. The second-order valence-corrected chi connectivity index (χ2v) is 6.19. The Morgan fingerprint density at radius 2 is 1.85 bits per heavy atom. The maximum Gasteiger partial charge on any atom is 0.257 e. The summed E-state index contributed by atoms with van der Waals surface area (Å²) in [6.45, 7) is 4.10. The van der Waals surface area contributed by atoms with Crippen LogP contribution in [0, 0.1) is 25.5 Å². The highest BCUT2D eigenvalue weighted by Crippen LogP contribution is 2.27. The molecule has 4 nitrogen and oxygen atoms in total. The van der Waals surface area contributed by atoms with Gasteiger partial charge in [0.05, 0.1) is 5.52 Å². The normalized spacial score (nSPS) is 10.9. The topological polar surface area (TPSA) is 54.1 Å². The molecule has 0 saturated heterocycles. The molecule has 0 saturated carbocycles. The van der Waals surface area contributed by atoms with Crippen LogP contribution in [0.3, 0.4) is 0 Å². The molecule has 0 fully saturated rings. The van der Waals surface area contributed by atoms with Gasteiger partial charge in [0, 0.05) is 17.6 Å². The van der Waals surface area contributed by atoms with Crippen LogP contribution < -0.4 is 10.1 Å². The zero-order valence-corrected chi connectivity index (χ0v) is 14.7. The van der Waals surface area contributed by atoms with Crippen molar-refractivity contribution in [3.63, 3.8) is 0 Å². The summed E-state index contributed by atoms with van der Waals surface area (Å²) in [4.78, 5) is 15.0. The number of nitrogens with one attached hydrogen (secondary N) is 2. The molecule has 1 heterocycles. The summed E-state index contributed by atoms with van der Waals surface area (Å²) in [7, 11) is 0. The molecular weight excluding hydrogens is 338 g/mol. The molecule has 0 radical (unpaired) electrons. The Bertz CT molecular complexity index is 933. The highest BCUT2D eigenvalue weighted by Gasteiger charge is 2.14. The molecule has 0 aliphatic carbocycles. The van der Waals surface area contributed by atoms with Crippen molar-refractivity contribution in [3.05, 3.63) is 64.9 Å². The standard InChI is InChI=1S/C20H20F2N2O2/c1-12-3-8-17(22)20-19(12)16(13(2)24-20)9-10-23-18(25)11-26-15-6-4-14(21)5-7-15/h3-8,24H,9-11H2,1-2H3,(H,23,25). The summed E-state index contributed by atoms with van der Waals surface area (Å²) >= 11 is 0. The second kappa shape index (κ2) is 7.56. The lowest BCUT2D eigenvalue weighted by Gasteiger charge is -2.08. The van der Waals surface area contributed by atoms with Crippen molar-refractivity contribution in [2.45, 2.75) is 20.3 Å². The molecule has 136 valence electrons. The molecular formula is C20H20F2N2O2. The molecule has 0 bridgehead atoms. The quantitative estimate of drug-likeness (QED) is 0.704. The third-order valence-corrected chi connectivity index (χ3v) is 4.31. The van der Waals surface area contributed by atoms with Gasteiger partial charge in [-0.25, -0.2) is 8.78 Å². The van der Waals surface area contributed by atoms with Crippen LogP contribution in [0.2, 0.25) is 0 Å². The highest BCUT2D eigenvalue weighted by atomic mass is 19.1. The number of fused-ring (bicyclic) bond motifs is 1. The number of ether oxygens (including phenoxy) is 1. The summed E-state index contributed by atoms with van der Waals surface area (Å²) in [5.41, 5.74) is 3.39. The van der Waals surface area contributed by atoms with Crippen molar-refractivity contribution in [2.75, 3.05) is 13.2 Å². The molecule has 2 aromatic carbocycles. The fourth-order valence-electron chi connectivity index (χ4n) is 3.01. The van der Waals surface area contributed by atoms with Gasteiger partial charge < -0.3 is 15.0 Å². The predicted molar refractivity (Wildman–Crippen MR) is 96.3 cm³/mol. The van der Waals surface area contributed by atoms with Crippen molar-refractivity contribution >= 4 is 16.8 Å². The van der Waals surface area contributed by atoms with Crippen LogP contribution in [0.4, 0.5) is 8.78 Å². The molecule has 3 rings (SSSR count).